The number of aryl methyl sites for hydroxylation is 1. The zero-order valence-corrected chi connectivity index (χ0v) is 12.2. The van der Waals surface area contributed by atoms with Crippen molar-refractivity contribution in [1.82, 2.24) is 25.5 Å². The van der Waals surface area contributed by atoms with Gasteiger partial charge in [-0.15, -0.1) is 11.3 Å². The Bertz CT molecular complexity index is 702. The van der Waals surface area contributed by atoms with Crippen molar-refractivity contribution >= 4 is 28.6 Å². The second-order valence-electron chi connectivity index (χ2n) is 4.06. The standard InChI is InChI=1S/C12H11N5OS2/c1-7-10(11(18)13-4-9-14-6-15-17-9)20-12(16-7)8-2-3-19-5-8/h2-3,5-6H,4H2,1H3,(H,13,18)(H,14,15,17). The van der Waals surface area contributed by atoms with E-state index in [0.29, 0.717) is 17.2 Å². The maximum Gasteiger partial charge on any atom is 0.263 e. The summed E-state index contributed by atoms with van der Waals surface area (Å²) in [7, 11) is 0. The van der Waals surface area contributed by atoms with Gasteiger partial charge in [0.05, 0.1) is 12.2 Å². The topological polar surface area (TPSA) is 83.6 Å². The molecule has 0 aliphatic carbocycles. The first-order chi connectivity index (χ1) is 9.74. The summed E-state index contributed by atoms with van der Waals surface area (Å²) < 4.78 is 0. The summed E-state index contributed by atoms with van der Waals surface area (Å²) in [4.78, 5) is 21.2. The smallest absolute Gasteiger partial charge is 0.263 e. The molecule has 0 aliphatic rings. The number of hydrogen-bond acceptors (Lipinski definition) is 6. The highest BCUT2D eigenvalue weighted by Crippen LogP contribution is 2.29. The van der Waals surface area contributed by atoms with Gasteiger partial charge in [0, 0.05) is 10.9 Å². The van der Waals surface area contributed by atoms with Crippen LogP contribution in [0.1, 0.15) is 21.2 Å². The Morgan fingerprint density at radius 2 is 2.40 bits per heavy atom. The van der Waals surface area contributed by atoms with E-state index in [4.69, 9.17) is 0 Å². The third kappa shape index (κ3) is 2.61. The summed E-state index contributed by atoms with van der Waals surface area (Å²) in [5, 5.41) is 14.1. The minimum absolute atomic E-state index is 0.141. The minimum atomic E-state index is -0.141. The van der Waals surface area contributed by atoms with Crippen molar-refractivity contribution in [3.8, 4) is 10.6 Å². The number of carbonyl (C=O) groups excluding carboxylic acids is 1. The van der Waals surface area contributed by atoms with Crippen LogP contribution in [0.5, 0.6) is 0 Å². The van der Waals surface area contributed by atoms with E-state index < -0.39 is 0 Å². The van der Waals surface area contributed by atoms with Crippen LogP contribution in [0.4, 0.5) is 0 Å². The van der Waals surface area contributed by atoms with Gasteiger partial charge in [-0.1, -0.05) is 0 Å². The van der Waals surface area contributed by atoms with E-state index in [-0.39, 0.29) is 5.91 Å². The predicted octanol–water partition coefficient (Wildman–Crippen LogP) is 2.23. The molecule has 0 aromatic carbocycles. The molecule has 0 bridgehead atoms. The predicted molar refractivity (Wildman–Crippen MR) is 77.7 cm³/mol. The zero-order valence-electron chi connectivity index (χ0n) is 10.6. The van der Waals surface area contributed by atoms with E-state index in [0.717, 1.165) is 16.3 Å². The summed E-state index contributed by atoms with van der Waals surface area (Å²) in [6.07, 6.45) is 1.41. The highest BCUT2D eigenvalue weighted by molar-refractivity contribution is 7.17. The lowest BCUT2D eigenvalue weighted by Crippen LogP contribution is -2.23. The van der Waals surface area contributed by atoms with Crippen LogP contribution in [0.15, 0.2) is 23.2 Å². The number of aromatic amines is 1. The Hall–Kier alpha value is -2.06. The maximum absolute atomic E-state index is 12.1. The first-order valence-corrected chi connectivity index (χ1v) is 7.62. The molecular weight excluding hydrogens is 294 g/mol. The van der Waals surface area contributed by atoms with Crippen molar-refractivity contribution in [2.24, 2.45) is 0 Å². The van der Waals surface area contributed by atoms with Crippen molar-refractivity contribution in [1.29, 1.82) is 0 Å². The summed E-state index contributed by atoms with van der Waals surface area (Å²) >= 11 is 3.01. The number of thiophene rings is 1. The van der Waals surface area contributed by atoms with Gasteiger partial charge in [-0.05, 0) is 18.4 Å². The molecule has 6 nitrogen and oxygen atoms in total. The molecule has 3 aromatic rings. The third-order valence-corrected chi connectivity index (χ3v) is 4.54. The molecule has 0 saturated heterocycles. The average Bonchev–Trinajstić information content (AvgIpc) is 3.17. The van der Waals surface area contributed by atoms with Gasteiger partial charge >= 0.3 is 0 Å². The molecule has 0 unspecified atom stereocenters. The van der Waals surface area contributed by atoms with Crippen molar-refractivity contribution < 1.29 is 4.79 Å². The molecule has 0 aliphatic heterocycles. The summed E-state index contributed by atoms with van der Waals surface area (Å²) in [5.74, 6) is 0.483. The molecule has 0 fully saturated rings. The number of carbonyl (C=O) groups is 1. The number of nitrogens with one attached hydrogen (secondary N) is 2. The quantitative estimate of drug-likeness (QED) is 0.774. The van der Waals surface area contributed by atoms with E-state index >= 15 is 0 Å². The lowest BCUT2D eigenvalue weighted by molar-refractivity contribution is 0.0953. The lowest BCUT2D eigenvalue weighted by atomic mass is 10.3. The molecule has 20 heavy (non-hydrogen) atoms. The molecule has 3 rings (SSSR count). The number of nitrogens with zero attached hydrogens (tertiary/aromatic N) is 3. The molecular formula is C12H11N5OS2. The van der Waals surface area contributed by atoms with Crippen LogP contribution in [-0.4, -0.2) is 26.1 Å². The summed E-state index contributed by atoms with van der Waals surface area (Å²) in [6, 6.07) is 2.00. The van der Waals surface area contributed by atoms with Crippen molar-refractivity contribution in [2.75, 3.05) is 0 Å². The van der Waals surface area contributed by atoms with Gasteiger partial charge in [-0.3, -0.25) is 9.89 Å². The van der Waals surface area contributed by atoms with Crippen LogP contribution in [0.3, 0.4) is 0 Å². The zero-order chi connectivity index (χ0) is 13.9. The Labute approximate surface area is 122 Å². The monoisotopic (exact) mass is 305 g/mol. The molecule has 0 spiro atoms. The van der Waals surface area contributed by atoms with Gasteiger partial charge in [-0.25, -0.2) is 9.97 Å². The van der Waals surface area contributed by atoms with E-state index in [9.17, 15) is 4.79 Å². The Balaban J connectivity index is 1.75. The molecule has 3 aromatic heterocycles. The molecule has 0 saturated carbocycles. The number of aromatic nitrogens is 4. The fraction of sp³-hybridized carbons (Fsp3) is 0.167. The maximum atomic E-state index is 12.1. The Morgan fingerprint density at radius 3 is 3.10 bits per heavy atom. The first-order valence-electron chi connectivity index (χ1n) is 5.86. The number of thiazole rings is 1. The van der Waals surface area contributed by atoms with E-state index in [2.05, 4.69) is 25.5 Å². The second kappa shape index (κ2) is 5.51. The Kier molecular flexibility index (Phi) is 3.57. The van der Waals surface area contributed by atoms with Gasteiger partial charge in [0.15, 0.2) is 0 Å². The highest BCUT2D eigenvalue weighted by atomic mass is 32.1. The van der Waals surface area contributed by atoms with Crippen molar-refractivity contribution in [3.05, 3.63) is 39.5 Å². The fourth-order valence-electron chi connectivity index (χ4n) is 1.68. The number of rotatable bonds is 4. The molecule has 0 atom stereocenters. The third-order valence-electron chi connectivity index (χ3n) is 2.65. The number of H-pyrrole nitrogens is 1. The van der Waals surface area contributed by atoms with Crippen LogP contribution in [0.25, 0.3) is 10.6 Å². The van der Waals surface area contributed by atoms with Crippen molar-refractivity contribution in [2.45, 2.75) is 13.5 Å². The van der Waals surface area contributed by atoms with Crippen LogP contribution < -0.4 is 5.32 Å². The number of amides is 1. The summed E-state index contributed by atoms with van der Waals surface area (Å²) in [5.41, 5.74) is 1.80. The molecule has 3 heterocycles. The van der Waals surface area contributed by atoms with E-state index in [1.165, 1.54) is 17.7 Å². The minimum Gasteiger partial charge on any atom is -0.344 e. The summed E-state index contributed by atoms with van der Waals surface area (Å²) in [6.45, 7) is 2.17. The Morgan fingerprint density at radius 1 is 1.50 bits per heavy atom. The normalized spacial score (nSPS) is 10.7. The SMILES string of the molecule is Cc1nc(-c2ccsc2)sc1C(=O)NCc1ncn[nH]1. The van der Waals surface area contributed by atoms with Gasteiger partial charge < -0.3 is 5.32 Å². The molecule has 8 heteroatoms. The molecule has 2 N–H and O–H groups in total. The number of hydrogen-bond donors (Lipinski definition) is 2. The largest absolute Gasteiger partial charge is 0.344 e. The molecule has 1 amide bonds. The van der Waals surface area contributed by atoms with Crippen LogP contribution >= 0.6 is 22.7 Å². The van der Waals surface area contributed by atoms with Gasteiger partial charge in [-0.2, -0.15) is 16.4 Å². The van der Waals surface area contributed by atoms with E-state index in [1.54, 1.807) is 11.3 Å². The molecule has 0 radical (unpaired) electrons. The first kappa shape index (κ1) is 12.9. The van der Waals surface area contributed by atoms with Crippen molar-refractivity contribution in [3.63, 3.8) is 0 Å². The van der Waals surface area contributed by atoms with Crippen LogP contribution in [0.2, 0.25) is 0 Å². The van der Waals surface area contributed by atoms with Crippen LogP contribution in [-0.2, 0) is 6.54 Å². The molecule has 102 valence electrons. The van der Waals surface area contributed by atoms with Crippen LogP contribution in [0, 0.1) is 6.92 Å². The van der Waals surface area contributed by atoms with Gasteiger partial charge in [0.2, 0.25) is 0 Å². The van der Waals surface area contributed by atoms with E-state index in [1.807, 2.05) is 23.8 Å². The van der Waals surface area contributed by atoms with Gasteiger partial charge in [0.25, 0.3) is 5.91 Å². The second-order valence-corrected chi connectivity index (χ2v) is 5.84. The highest BCUT2D eigenvalue weighted by Gasteiger charge is 2.16. The van der Waals surface area contributed by atoms with Gasteiger partial charge in [0.1, 0.15) is 22.0 Å². The fourth-order valence-corrected chi connectivity index (χ4v) is 3.37. The lowest BCUT2D eigenvalue weighted by Gasteiger charge is -2.00. The average molecular weight is 305 g/mol.